The highest BCUT2D eigenvalue weighted by Crippen LogP contribution is 2.41. The lowest BCUT2D eigenvalue weighted by atomic mass is 9.89. The Bertz CT molecular complexity index is 1460. The molecule has 3 aromatic rings. The van der Waals surface area contributed by atoms with Crippen molar-refractivity contribution in [3.05, 3.63) is 101 Å². The van der Waals surface area contributed by atoms with Gasteiger partial charge in [0.05, 0.1) is 36.6 Å². The molecule has 1 aromatic heterocycles. The van der Waals surface area contributed by atoms with Gasteiger partial charge < -0.3 is 19.3 Å². The van der Waals surface area contributed by atoms with Crippen LogP contribution in [0.4, 0.5) is 18.0 Å². The van der Waals surface area contributed by atoms with Gasteiger partial charge in [-0.05, 0) is 37.3 Å². The second kappa shape index (κ2) is 13.5. The maximum absolute atomic E-state index is 15.1. The minimum atomic E-state index is -1.80. The molecule has 214 valence electrons. The van der Waals surface area contributed by atoms with E-state index >= 15 is 4.39 Å². The van der Waals surface area contributed by atoms with Gasteiger partial charge in [0.2, 0.25) is 0 Å². The molecule has 0 unspecified atom stereocenters. The summed E-state index contributed by atoms with van der Waals surface area (Å²) in [5.74, 6) is -2.30. The molecule has 2 atom stereocenters. The maximum Gasteiger partial charge on any atom is 0.506 e. The molecule has 0 amide bonds. The van der Waals surface area contributed by atoms with Crippen molar-refractivity contribution in [2.75, 3.05) is 13.2 Å². The molecule has 1 aliphatic rings. The van der Waals surface area contributed by atoms with Gasteiger partial charge in [-0.3, -0.25) is 0 Å². The molecule has 1 aliphatic heterocycles. The van der Waals surface area contributed by atoms with E-state index in [1.807, 2.05) is 6.07 Å². The Morgan fingerprint density at radius 3 is 2.66 bits per heavy atom. The summed E-state index contributed by atoms with van der Waals surface area (Å²) < 4.78 is 61.0. The minimum absolute atomic E-state index is 0.152. The highest BCUT2D eigenvalue weighted by Gasteiger charge is 2.47. The van der Waals surface area contributed by atoms with E-state index in [1.165, 1.54) is 41.2 Å². The second-order valence-electron chi connectivity index (χ2n) is 9.00. The number of rotatable bonds is 10. The fourth-order valence-electron chi connectivity index (χ4n) is 4.28. The lowest BCUT2D eigenvalue weighted by Crippen LogP contribution is -2.47. The Kier molecular flexibility index (Phi) is 9.82. The summed E-state index contributed by atoms with van der Waals surface area (Å²) in [7, 11) is 0. The van der Waals surface area contributed by atoms with Crippen molar-refractivity contribution >= 4 is 24.0 Å². The Morgan fingerprint density at radius 1 is 1.24 bits per heavy atom. The Morgan fingerprint density at radius 2 is 2.02 bits per heavy atom. The van der Waals surface area contributed by atoms with E-state index in [0.29, 0.717) is 11.6 Å². The number of halogens is 3. The van der Waals surface area contributed by atoms with E-state index in [0.717, 1.165) is 18.2 Å². The summed E-state index contributed by atoms with van der Waals surface area (Å²) in [5.41, 5.74) is -1.40. The minimum Gasteiger partial charge on any atom is -0.450 e. The van der Waals surface area contributed by atoms with Gasteiger partial charge in [-0.2, -0.15) is 10.4 Å². The van der Waals surface area contributed by atoms with Gasteiger partial charge >= 0.3 is 6.16 Å². The monoisotopic (exact) mass is 586 g/mol. The largest absolute Gasteiger partial charge is 0.506 e. The van der Waals surface area contributed by atoms with Gasteiger partial charge in [0, 0.05) is 22.4 Å². The van der Waals surface area contributed by atoms with Crippen LogP contribution in [0, 0.1) is 28.8 Å². The van der Waals surface area contributed by atoms with Crippen molar-refractivity contribution in [3.8, 4) is 6.07 Å². The lowest BCUT2D eigenvalue weighted by molar-refractivity contribution is -0.146. The molecule has 0 aliphatic carbocycles. The van der Waals surface area contributed by atoms with E-state index < -0.39 is 40.7 Å². The van der Waals surface area contributed by atoms with Gasteiger partial charge in [-0.1, -0.05) is 24.3 Å². The van der Waals surface area contributed by atoms with Crippen molar-refractivity contribution in [2.45, 2.75) is 35.9 Å². The molecular formula is C28H25F3N4O5S. The first-order valence-corrected chi connectivity index (χ1v) is 13.3. The number of carbonyl (C=O) groups is 1. The molecule has 4 rings (SSSR count). The van der Waals surface area contributed by atoms with Crippen molar-refractivity contribution in [1.29, 1.82) is 5.26 Å². The molecule has 41 heavy (non-hydrogen) atoms. The van der Waals surface area contributed by atoms with E-state index in [-0.39, 0.29) is 36.1 Å². The summed E-state index contributed by atoms with van der Waals surface area (Å²) in [5, 5.41) is 21.5. The van der Waals surface area contributed by atoms with Crippen LogP contribution < -0.4 is 0 Å². The fraction of sp³-hybridized carbons (Fsp3) is 0.286. The Hall–Kier alpha value is -4.12. The highest BCUT2D eigenvalue weighted by atomic mass is 32.2. The summed E-state index contributed by atoms with van der Waals surface area (Å²) >= 11 is 1.27. The molecule has 13 heteroatoms. The molecule has 1 saturated heterocycles. The smallest absolute Gasteiger partial charge is 0.450 e. The second-order valence-corrected chi connectivity index (χ2v) is 10.6. The molecule has 1 fully saturated rings. The molecule has 1 N–H and O–H groups in total. The van der Waals surface area contributed by atoms with Gasteiger partial charge in [-0.25, -0.2) is 27.6 Å². The van der Waals surface area contributed by atoms with Gasteiger partial charge in [-0.15, -0.1) is 11.8 Å². The quantitative estimate of drug-likeness (QED) is 0.250. The zero-order valence-electron chi connectivity index (χ0n) is 21.7. The van der Waals surface area contributed by atoms with Crippen LogP contribution in [0.15, 0.2) is 67.3 Å². The van der Waals surface area contributed by atoms with Crippen molar-refractivity contribution in [3.63, 3.8) is 0 Å². The van der Waals surface area contributed by atoms with Crippen LogP contribution in [0.5, 0.6) is 0 Å². The van der Waals surface area contributed by atoms with Gasteiger partial charge in [0.25, 0.3) is 0 Å². The number of hydrogen-bond acceptors (Lipinski definition) is 8. The number of aromatic nitrogens is 3. The third-order valence-corrected chi connectivity index (χ3v) is 7.70. The van der Waals surface area contributed by atoms with Crippen LogP contribution in [0.3, 0.4) is 0 Å². The predicted molar refractivity (Wildman–Crippen MR) is 143 cm³/mol. The maximum atomic E-state index is 15.1. The van der Waals surface area contributed by atoms with Crippen LogP contribution in [0.2, 0.25) is 0 Å². The number of thioether (sulfide) groups is 1. The van der Waals surface area contributed by atoms with Crippen molar-refractivity contribution in [1.82, 2.24) is 14.8 Å². The summed E-state index contributed by atoms with van der Waals surface area (Å²) in [6, 6.07) is 8.92. The first kappa shape index (κ1) is 29.9. The van der Waals surface area contributed by atoms with E-state index in [4.69, 9.17) is 19.5 Å². The molecule has 0 spiro atoms. The standard InChI is InChI=1S/C28H25F3N4O5S/c1-18(28(40-27(36)37,15-35-17-33-16-34-35)23-9-8-21(29)11-25(23)31)41-22-13-38-26(39-14-22)5-3-2-4-20-7-6-19(12-32)10-24(20)30/h2-11,16-18,22,26H,13-15H2,1H3,(H,36,37)/b4-2+,5-3+/t18-,22?,26?,28-/m1/s1. The molecule has 0 saturated carbocycles. The van der Waals surface area contributed by atoms with E-state index in [1.54, 1.807) is 31.2 Å². The van der Waals surface area contributed by atoms with E-state index in [2.05, 4.69) is 10.1 Å². The summed E-state index contributed by atoms with van der Waals surface area (Å²) in [6.07, 6.45) is 6.70. The van der Waals surface area contributed by atoms with Crippen LogP contribution in [-0.2, 0) is 26.4 Å². The summed E-state index contributed by atoms with van der Waals surface area (Å²) in [6.45, 7) is 1.89. The number of benzene rings is 2. The topological polar surface area (TPSA) is 119 Å². The number of carboxylic acid groups (broad SMARTS) is 1. The zero-order valence-corrected chi connectivity index (χ0v) is 22.5. The molecular weight excluding hydrogens is 561 g/mol. The molecule has 0 radical (unpaired) electrons. The number of nitriles is 1. The van der Waals surface area contributed by atoms with Crippen molar-refractivity contribution in [2.24, 2.45) is 0 Å². The lowest BCUT2D eigenvalue weighted by Gasteiger charge is -2.39. The predicted octanol–water partition coefficient (Wildman–Crippen LogP) is 5.29. The third-order valence-electron chi connectivity index (χ3n) is 6.25. The van der Waals surface area contributed by atoms with Crippen LogP contribution in [0.25, 0.3) is 6.08 Å². The average Bonchev–Trinajstić information content (AvgIpc) is 3.45. The Balaban J connectivity index is 1.44. The first-order chi connectivity index (χ1) is 19.7. The van der Waals surface area contributed by atoms with Crippen LogP contribution >= 0.6 is 11.8 Å². The van der Waals surface area contributed by atoms with Gasteiger partial charge in [0.15, 0.2) is 11.9 Å². The first-order valence-electron chi connectivity index (χ1n) is 12.3. The number of hydrogen-bond donors (Lipinski definition) is 1. The van der Waals surface area contributed by atoms with E-state index in [9.17, 15) is 18.7 Å². The van der Waals surface area contributed by atoms with Gasteiger partial charge in [0.1, 0.15) is 30.1 Å². The summed E-state index contributed by atoms with van der Waals surface area (Å²) in [4.78, 5) is 15.7. The Labute approximate surface area is 237 Å². The number of nitrogens with zero attached hydrogens (tertiary/aromatic N) is 4. The molecule has 2 aromatic carbocycles. The highest BCUT2D eigenvalue weighted by molar-refractivity contribution is 8.00. The molecule has 0 bridgehead atoms. The molecule has 9 nitrogen and oxygen atoms in total. The number of allylic oxidation sites excluding steroid dienone is 2. The normalized spacial score (nSPS) is 19.6. The SMILES string of the molecule is C[C@@H](SC1COC(/C=C/C=C/c2ccc(C#N)cc2F)OC1)[C@@](Cn1cncn1)(OC(=O)O)c1ccc(F)cc1F. The fourth-order valence-corrected chi connectivity index (χ4v) is 5.64. The van der Waals surface area contributed by atoms with Crippen LogP contribution in [-0.4, -0.2) is 56.0 Å². The molecule has 2 heterocycles. The number of ether oxygens (including phenoxy) is 3. The zero-order chi connectivity index (χ0) is 29.4. The van der Waals surface area contributed by atoms with Crippen molar-refractivity contribution < 1.29 is 37.3 Å². The third kappa shape index (κ3) is 7.55. The average molecular weight is 587 g/mol. The van der Waals surface area contributed by atoms with Crippen LogP contribution in [0.1, 0.15) is 23.6 Å².